The van der Waals surface area contributed by atoms with Crippen LogP contribution in [0.1, 0.15) is 0 Å². The van der Waals surface area contributed by atoms with Gasteiger partial charge in [0.25, 0.3) is 0 Å². The van der Waals surface area contributed by atoms with Crippen molar-refractivity contribution in [2.24, 2.45) is 0 Å². The number of β-amino-alcohol motifs (C(OH)–C–C–N with tert-alkyl or cyclic N) is 2. The molecule has 1 aliphatic heterocycles. The molecule has 2 amide bonds. The number of urea groups is 1. The minimum Gasteiger partial charge on any atom is -0.454 e. The van der Waals surface area contributed by atoms with Gasteiger partial charge in [0, 0.05) is 0 Å². The zero-order valence-corrected chi connectivity index (χ0v) is 13.5. The Hall–Kier alpha value is -2.28. The van der Waals surface area contributed by atoms with E-state index >= 15 is 0 Å². The molecule has 3 rings (SSSR count). The predicted molar refractivity (Wildman–Crippen MR) is 90.6 cm³/mol. The second-order valence-corrected chi connectivity index (χ2v) is 5.91. The number of para-hydroxylation sites is 3. The molecule has 2 unspecified atom stereocenters. The summed E-state index contributed by atoms with van der Waals surface area (Å²) in [5.41, 5.74) is 0.471. The van der Waals surface area contributed by atoms with Gasteiger partial charge in [0.05, 0.1) is 36.0 Å². The monoisotopic (exact) mass is 348 g/mol. The van der Waals surface area contributed by atoms with Crippen molar-refractivity contribution in [1.29, 1.82) is 0 Å². The van der Waals surface area contributed by atoms with Crippen LogP contribution in [0.15, 0.2) is 48.5 Å². The lowest BCUT2D eigenvalue weighted by Gasteiger charge is -2.18. The number of benzene rings is 2. The fourth-order valence-corrected chi connectivity index (χ4v) is 2.61. The van der Waals surface area contributed by atoms with Crippen LogP contribution in [0.4, 0.5) is 10.5 Å². The topological polar surface area (TPSA) is 82.0 Å². The number of anilines is 1. The second kappa shape index (κ2) is 7.09. The van der Waals surface area contributed by atoms with E-state index in [4.69, 9.17) is 16.3 Å². The molecule has 7 heteroatoms. The number of nitrogens with one attached hydrogen (secondary N) is 1. The molecule has 1 fully saturated rings. The minimum absolute atomic E-state index is 0.0839. The van der Waals surface area contributed by atoms with E-state index in [0.717, 1.165) is 0 Å². The summed E-state index contributed by atoms with van der Waals surface area (Å²) in [6.07, 6.45) is -1.85. The molecule has 1 saturated heterocycles. The standard InChI is InChI=1S/C17H17ClN2O4/c18-11-5-1-3-7-15(11)24-16-8-4-2-6-12(16)19-17(23)20-9-13(21)14(22)10-20/h1-8,13-14,21-22H,9-10H2,(H,19,23). The molecule has 1 heterocycles. The van der Waals surface area contributed by atoms with Crippen LogP contribution in [-0.4, -0.2) is 46.4 Å². The third-order valence-corrected chi connectivity index (χ3v) is 4.04. The highest BCUT2D eigenvalue weighted by Crippen LogP contribution is 2.33. The normalized spacial score (nSPS) is 20.0. The van der Waals surface area contributed by atoms with Gasteiger partial charge in [0.2, 0.25) is 0 Å². The van der Waals surface area contributed by atoms with Gasteiger partial charge in [-0.2, -0.15) is 0 Å². The highest BCUT2D eigenvalue weighted by Gasteiger charge is 2.32. The Balaban J connectivity index is 1.75. The first-order valence-electron chi connectivity index (χ1n) is 7.48. The smallest absolute Gasteiger partial charge is 0.322 e. The highest BCUT2D eigenvalue weighted by atomic mass is 35.5. The molecule has 3 N–H and O–H groups in total. The van der Waals surface area contributed by atoms with E-state index in [1.54, 1.807) is 48.5 Å². The number of carbonyl (C=O) groups is 1. The molecule has 0 spiro atoms. The fraction of sp³-hybridized carbons (Fsp3) is 0.235. The number of carbonyl (C=O) groups excluding carboxylic acids is 1. The molecular formula is C17H17ClN2O4. The highest BCUT2D eigenvalue weighted by molar-refractivity contribution is 6.32. The number of ether oxygens (including phenoxy) is 1. The first-order valence-corrected chi connectivity index (χ1v) is 7.86. The van der Waals surface area contributed by atoms with E-state index in [1.165, 1.54) is 4.90 Å². The van der Waals surface area contributed by atoms with Crippen LogP contribution in [0.25, 0.3) is 0 Å². The lowest BCUT2D eigenvalue weighted by Crippen LogP contribution is -2.34. The Kier molecular flexibility index (Phi) is 4.89. The number of aliphatic hydroxyl groups is 2. The molecular weight excluding hydrogens is 332 g/mol. The first kappa shape index (κ1) is 16.6. The van der Waals surface area contributed by atoms with Crippen LogP contribution < -0.4 is 10.1 Å². The van der Waals surface area contributed by atoms with Gasteiger partial charge in [-0.1, -0.05) is 35.9 Å². The predicted octanol–water partition coefficient (Wildman–Crippen LogP) is 2.70. The Bertz CT molecular complexity index is 730. The number of amides is 2. The molecule has 0 aromatic heterocycles. The third kappa shape index (κ3) is 3.62. The summed E-state index contributed by atoms with van der Waals surface area (Å²) in [4.78, 5) is 13.6. The van der Waals surface area contributed by atoms with E-state index in [2.05, 4.69) is 5.32 Å². The Labute approximate surface area is 144 Å². The SMILES string of the molecule is O=C(Nc1ccccc1Oc1ccccc1Cl)N1CC(O)C(O)C1. The van der Waals surface area contributed by atoms with Crippen molar-refractivity contribution < 1.29 is 19.7 Å². The number of aliphatic hydroxyl groups excluding tert-OH is 2. The number of rotatable bonds is 3. The third-order valence-electron chi connectivity index (χ3n) is 3.73. The molecule has 0 aliphatic carbocycles. The summed E-state index contributed by atoms with van der Waals surface area (Å²) < 4.78 is 5.78. The lowest BCUT2D eigenvalue weighted by molar-refractivity contribution is 0.0572. The molecule has 24 heavy (non-hydrogen) atoms. The van der Waals surface area contributed by atoms with E-state index < -0.39 is 18.2 Å². The van der Waals surface area contributed by atoms with Crippen LogP contribution in [0.2, 0.25) is 5.02 Å². The van der Waals surface area contributed by atoms with Crippen molar-refractivity contribution in [3.05, 3.63) is 53.6 Å². The molecule has 1 aliphatic rings. The Morgan fingerprint density at radius 3 is 2.29 bits per heavy atom. The molecule has 2 atom stereocenters. The van der Waals surface area contributed by atoms with E-state index in [-0.39, 0.29) is 13.1 Å². The van der Waals surface area contributed by atoms with Gasteiger partial charge in [-0.15, -0.1) is 0 Å². The van der Waals surface area contributed by atoms with Crippen LogP contribution in [0.5, 0.6) is 11.5 Å². The van der Waals surface area contributed by atoms with Crippen molar-refractivity contribution in [2.45, 2.75) is 12.2 Å². The molecule has 0 saturated carbocycles. The molecule has 6 nitrogen and oxygen atoms in total. The van der Waals surface area contributed by atoms with Crippen LogP contribution in [-0.2, 0) is 0 Å². The number of nitrogens with zero attached hydrogens (tertiary/aromatic N) is 1. The molecule has 2 aromatic rings. The number of likely N-dealkylation sites (tertiary alicyclic amines) is 1. The first-order chi connectivity index (χ1) is 11.5. The molecule has 126 valence electrons. The second-order valence-electron chi connectivity index (χ2n) is 5.50. The summed E-state index contributed by atoms with van der Waals surface area (Å²) in [7, 11) is 0. The Morgan fingerprint density at radius 2 is 1.62 bits per heavy atom. The average molecular weight is 349 g/mol. The molecule has 2 aromatic carbocycles. The van der Waals surface area contributed by atoms with Crippen molar-refractivity contribution in [1.82, 2.24) is 4.90 Å². The van der Waals surface area contributed by atoms with Crippen molar-refractivity contribution in [3.8, 4) is 11.5 Å². The summed E-state index contributed by atoms with van der Waals surface area (Å²) in [5.74, 6) is 0.923. The largest absolute Gasteiger partial charge is 0.454 e. The van der Waals surface area contributed by atoms with Crippen molar-refractivity contribution in [2.75, 3.05) is 18.4 Å². The summed E-state index contributed by atoms with van der Waals surface area (Å²) >= 11 is 6.09. The van der Waals surface area contributed by atoms with Crippen LogP contribution in [0, 0.1) is 0 Å². The maximum absolute atomic E-state index is 12.3. The average Bonchev–Trinajstić information content (AvgIpc) is 2.91. The Morgan fingerprint density at radius 1 is 1.04 bits per heavy atom. The summed E-state index contributed by atoms with van der Waals surface area (Å²) in [6, 6.07) is 13.6. The maximum atomic E-state index is 12.3. The van der Waals surface area contributed by atoms with Crippen molar-refractivity contribution >= 4 is 23.3 Å². The number of hydrogen-bond donors (Lipinski definition) is 3. The van der Waals surface area contributed by atoms with E-state index in [9.17, 15) is 15.0 Å². The van der Waals surface area contributed by atoms with Gasteiger partial charge >= 0.3 is 6.03 Å². The van der Waals surface area contributed by atoms with Gasteiger partial charge < -0.3 is 25.2 Å². The zero-order chi connectivity index (χ0) is 17.1. The van der Waals surface area contributed by atoms with Gasteiger partial charge in [-0.3, -0.25) is 0 Å². The van der Waals surface area contributed by atoms with Crippen LogP contribution in [0.3, 0.4) is 0 Å². The minimum atomic E-state index is -0.926. The summed E-state index contributed by atoms with van der Waals surface area (Å²) in [5, 5.41) is 22.3. The van der Waals surface area contributed by atoms with E-state index in [0.29, 0.717) is 22.2 Å². The maximum Gasteiger partial charge on any atom is 0.322 e. The van der Waals surface area contributed by atoms with Gasteiger partial charge in [-0.05, 0) is 24.3 Å². The van der Waals surface area contributed by atoms with Gasteiger partial charge in [0.1, 0.15) is 5.75 Å². The quantitative estimate of drug-likeness (QED) is 0.796. The van der Waals surface area contributed by atoms with Crippen LogP contribution >= 0.6 is 11.6 Å². The zero-order valence-electron chi connectivity index (χ0n) is 12.7. The number of halogens is 1. The molecule has 0 bridgehead atoms. The van der Waals surface area contributed by atoms with Crippen molar-refractivity contribution in [3.63, 3.8) is 0 Å². The van der Waals surface area contributed by atoms with E-state index in [1.807, 2.05) is 0 Å². The fourth-order valence-electron chi connectivity index (χ4n) is 2.43. The summed E-state index contributed by atoms with van der Waals surface area (Å²) in [6.45, 7) is 0.168. The van der Waals surface area contributed by atoms with Gasteiger partial charge in [-0.25, -0.2) is 4.79 Å². The number of hydrogen-bond acceptors (Lipinski definition) is 4. The molecule has 0 radical (unpaired) electrons. The lowest BCUT2D eigenvalue weighted by atomic mass is 10.3. The van der Waals surface area contributed by atoms with Gasteiger partial charge in [0.15, 0.2) is 5.75 Å².